The smallest absolute Gasteiger partial charge is 0.310 e. The van der Waals surface area contributed by atoms with Gasteiger partial charge in [0, 0.05) is 46.7 Å². The fourth-order valence-corrected chi connectivity index (χ4v) is 2.68. The molecule has 1 aromatic carbocycles. The molecule has 0 aliphatic carbocycles. The first-order valence-electron chi connectivity index (χ1n) is 8.33. The highest BCUT2D eigenvalue weighted by Crippen LogP contribution is 2.33. The number of anilines is 2. The number of carbonyl (C=O) groups is 1. The summed E-state index contributed by atoms with van der Waals surface area (Å²) >= 11 is 0. The fourth-order valence-electron chi connectivity index (χ4n) is 2.68. The number of non-ortho nitro benzene ring substituents is 1. The number of nitro groups is 1. The van der Waals surface area contributed by atoms with Crippen LogP contribution in [-0.2, 0) is 11.2 Å². The van der Waals surface area contributed by atoms with E-state index in [0.717, 1.165) is 5.56 Å². The lowest BCUT2D eigenvalue weighted by Crippen LogP contribution is -2.24. The molecule has 9 nitrogen and oxygen atoms in total. The molecule has 1 unspecified atom stereocenters. The summed E-state index contributed by atoms with van der Waals surface area (Å²) in [6, 6.07) is 6.21. The highest BCUT2D eigenvalue weighted by atomic mass is 16.6. The van der Waals surface area contributed by atoms with Crippen LogP contribution < -0.4 is 9.80 Å². The van der Waals surface area contributed by atoms with Crippen LogP contribution in [0.15, 0.2) is 24.3 Å². The van der Waals surface area contributed by atoms with Gasteiger partial charge in [-0.25, -0.2) is 9.97 Å². The minimum Gasteiger partial charge on any atom is -0.481 e. The topological polar surface area (TPSA) is 113 Å². The van der Waals surface area contributed by atoms with Gasteiger partial charge in [0.25, 0.3) is 5.69 Å². The van der Waals surface area contributed by atoms with Crippen LogP contribution in [-0.4, -0.2) is 54.2 Å². The molecule has 1 aromatic heterocycles. The van der Waals surface area contributed by atoms with E-state index in [9.17, 15) is 20.0 Å². The lowest BCUT2D eigenvalue weighted by atomic mass is 10.0. The van der Waals surface area contributed by atoms with Gasteiger partial charge in [-0.3, -0.25) is 14.9 Å². The quantitative estimate of drug-likeness (QED) is 0.581. The zero-order valence-electron chi connectivity index (χ0n) is 16.0. The molecule has 0 fully saturated rings. The lowest BCUT2D eigenvalue weighted by Gasteiger charge is -2.25. The lowest BCUT2D eigenvalue weighted by molar-refractivity contribution is -0.384. The molecule has 9 heteroatoms. The maximum Gasteiger partial charge on any atom is 0.310 e. The number of carboxylic acid groups (broad SMARTS) is 1. The Labute approximate surface area is 157 Å². The van der Waals surface area contributed by atoms with E-state index in [1.165, 1.54) is 12.1 Å². The second kappa shape index (κ2) is 7.98. The van der Waals surface area contributed by atoms with Gasteiger partial charge in [0.2, 0.25) is 0 Å². The molecule has 1 atom stereocenters. The van der Waals surface area contributed by atoms with Crippen molar-refractivity contribution in [2.45, 2.75) is 19.3 Å². The van der Waals surface area contributed by atoms with Crippen molar-refractivity contribution in [2.75, 3.05) is 38.0 Å². The Kier molecular flexibility index (Phi) is 5.94. The molecule has 2 rings (SSSR count). The molecule has 0 radical (unpaired) electrons. The molecule has 27 heavy (non-hydrogen) atoms. The van der Waals surface area contributed by atoms with Crippen molar-refractivity contribution in [3.63, 3.8) is 0 Å². The summed E-state index contributed by atoms with van der Waals surface area (Å²) in [5, 5.41) is 20.3. The van der Waals surface area contributed by atoms with Gasteiger partial charge in [0.1, 0.15) is 17.5 Å². The molecule has 0 spiro atoms. The van der Waals surface area contributed by atoms with E-state index in [1.54, 1.807) is 57.0 Å². The van der Waals surface area contributed by atoms with E-state index in [-0.39, 0.29) is 5.69 Å². The first-order chi connectivity index (χ1) is 12.6. The average Bonchev–Trinajstić information content (AvgIpc) is 2.60. The minimum atomic E-state index is -0.951. The van der Waals surface area contributed by atoms with E-state index in [4.69, 9.17) is 0 Å². The molecular formula is C18H23N5O4. The van der Waals surface area contributed by atoms with Crippen molar-refractivity contribution in [1.29, 1.82) is 0 Å². The van der Waals surface area contributed by atoms with Crippen LogP contribution in [0.2, 0.25) is 0 Å². The predicted octanol–water partition coefficient (Wildman–Crippen LogP) is 2.30. The summed E-state index contributed by atoms with van der Waals surface area (Å²) in [6.45, 7) is 1.61. The van der Waals surface area contributed by atoms with Crippen LogP contribution in [0.4, 0.5) is 17.3 Å². The Balaban J connectivity index is 2.51. The van der Waals surface area contributed by atoms with E-state index in [2.05, 4.69) is 9.97 Å². The maximum absolute atomic E-state index is 11.6. The van der Waals surface area contributed by atoms with Crippen molar-refractivity contribution < 1.29 is 14.8 Å². The molecule has 0 saturated heterocycles. The number of hydrogen-bond donors (Lipinski definition) is 1. The molecule has 0 aliphatic rings. The number of hydrogen-bond acceptors (Lipinski definition) is 7. The molecule has 1 N–H and O–H groups in total. The Hall–Kier alpha value is -3.23. The normalized spacial score (nSPS) is 11.7. The van der Waals surface area contributed by atoms with Crippen LogP contribution in [0, 0.1) is 10.1 Å². The van der Waals surface area contributed by atoms with Crippen molar-refractivity contribution in [2.24, 2.45) is 0 Å². The number of nitrogens with zero attached hydrogens (tertiary/aromatic N) is 5. The summed E-state index contributed by atoms with van der Waals surface area (Å²) in [7, 11) is 7.20. The van der Waals surface area contributed by atoms with Crippen LogP contribution in [0.1, 0.15) is 29.8 Å². The van der Waals surface area contributed by atoms with Crippen LogP contribution in [0.5, 0.6) is 0 Å². The molecule has 0 aliphatic heterocycles. The molecule has 0 saturated carbocycles. The number of aromatic nitrogens is 2. The standard InChI is InChI=1S/C18H23N5O4/c1-11(18(24)25)15-16(21(2)3)19-14(20-17(15)22(4)5)10-12-6-8-13(9-7-12)23(26)27/h6-9,11H,10H2,1-5H3,(H,24,25). The van der Waals surface area contributed by atoms with Gasteiger partial charge < -0.3 is 14.9 Å². The third-order valence-electron chi connectivity index (χ3n) is 4.11. The number of benzene rings is 1. The second-order valence-electron chi connectivity index (χ2n) is 6.65. The van der Waals surface area contributed by atoms with Crippen molar-refractivity contribution in [1.82, 2.24) is 9.97 Å². The first kappa shape index (κ1) is 20.1. The average molecular weight is 373 g/mol. The number of carboxylic acids is 1. The molecular weight excluding hydrogens is 350 g/mol. The predicted molar refractivity (Wildman–Crippen MR) is 103 cm³/mol. The van der Waals surface area contributed by atoms with Crippen molar-refractivity contribution in [3.8, 4) is 0 Å². The highest BCUT2D eigenvalue weighted by Gasteiger charge is 2.26. The van der Waals surface area contributed by atoms with Crippen LogP contribution in [0.3, 0.4) is 0 Å². The van der Waals surface area contributed by atoms with Crippen molar-refractivity contribution >= 4 is 23.3 Å². The SMILES string of the molecule is CC(C(=O)O)c1c(N(C)C)nc(Cc2ccc([N+](=O)[O-])cc2)nc1N(C)C. The van der Waals surface area contributed by atoms with Gasteiger partial charge in [0.05, 0.1) is 16.4 Å². The second-order valence-corrected chi connectivity index (χ2v) is 6.65. The van der Waals surface area contributed by atoms with Gasteiger partial charge in [-0.15, -0.1) is 0 Å². The zero-order chi connectivity index (χ0) is 20.3. The third-order valence-corrected chi connectivity index (χ3v) is 4.11. The van der Waals surface area contributed by atoms with E-state index < -0.39 is 16.8 Å². The monoisotopic (exact) mass is 373 g/mol. The Bertz CT molecular complexity index is 820. The van der Waals surface area contributed by atoms with Gasteiger partial charge in [-0.2, -0.15) is 0 Å². The largest absolute Gasteiger partial charge is 0.481 e. The van der Waals surface area contributed by atoms with Gasteiger partial charge in [-0.05, 0) is 12.5 Å². The summed E-state index contributed by atoms with van der Waals surface area (Å²) in [6.07, 6.45) is 0.376. The third kappa shape index (κ3) is 4.49. The molecule has 144 valence electrons. The molecule has 0 bridgehead atoms. The molecule has 1 heterocycles. The maximum atomic E-state index is 11.6. The van der Waals surface area contributed by atoms with Crippen molar-refractivity contribution in [3.05, 3.63) is 51.3 Å². The van der Waals surface area contributed by atoms with E-state index >= 15 is 0 Å². The highest BCUT2D eigenvalue weighted by molar-refractivity contribution is 5.81. The van der Waals surface area contributed by atoms with Crippen LogP contribution in [0.25, 0.3) is 0 Å². The van der Waals surface area contributed by atoms with Gasteiger partial charge >= 0.3 is 5.97 Å². The number of rotatable bonds is 7. The van der Waals surface area contributed by atoms with Gasteiger partial charge in [0.15, 0.2) is 0 Å². The minimum absolute atomic E-state index is 0.0215. The summed E-state index contributed by atoms with van der Waals surface area (Å²) in [5.41, 5.74) is 1.40. The van der Waals surface area contributed by atoms with E-state index in [0.29, 0.717) is 29.4 Å². The van der Waals surface area contributed by atoms with Gasteiger partial charge in [-0.1, -0.05) is 12.1 Å². The Morgan fingerprint density at radius 1 is 1.11 bits per heavy atom. The molecule has 0 amide bonds. The zero-order valence-corrected chi connectivity index (χ0v) is 16.0. The summed E-state index contributed by atoms with van der Waals surface area (Å²) < 4.78 is 0. The Morgan fingerprint density at radius 2 is 1.59 bits per heavy atom. The summed E-state index contributed by atoms with van der Waals surface area (Å²) in [5.74, 6) is -0.125. The summed E-state index contributed by atoms with van der Waals surface area (Å²) in [4.78, 5) is 34.6. The van der Waals surface area contributed by atoms with Crippen LogP contribution >= 0.6 is 0 Å². The Morgan fingerprint density at radius 3 is 1.96 bits per heavy atom. The van der Waals surface area contributed by atoms with E-state index in [1.807, 2.05) is 0 Å². The fraction of sp³-hybridized carbons (Fsp3) is 0.389. The molecule has 2 aromatic rings. The number of nitro benzene ring substituents is 1. The first-order valence-corrected chi connectivity index (χ1v) is 8.33. The number of aliphatic carboxylic acids is 1.